The van der Waals surface area contributed by atoms with Crippen molar-refractivity contribution in [3.63, 3.8) is 0 Å². The first-order valence-corrected chi connectivity index (χ1v) is 13.3. The largest absolute Gasteiger partial charge is 0.384 e. The molecule has 4 rings (SSSR count). The van der Waals surface area contributed by atoms with E-state index < -0.39 is 10.0 Å². The molecule has 0 spiro atoms. The predicted octanol–water partition coefficient (Wildman–Crippen LogP) is 4.43. The van der Waals surface area contributed by atoms with Crippen molar-refractivity contribution in [2.75, 3.05) is 39.9 Å². The number of likely N-dealkylation sites (tertiary alicyclic amines) is 1. The van der Waals surface area contributed by atoms with Gasteiger partial charge in [0.1, 0.15) is 0 Å². The first kappa shape index (κ1) is 23.4. The Bertz CT molecular complexity index is 971. The van der Waals surface area contributed by atoms with E-state index >= 15 is 0 Å². The third kappa shape index (κ3) is 5.42. The van der Waals surface area contributed by atoms with Crippen LogP contribution in [0.2, 0.25) is 0 Å². The molecule has 174 valence electrons. The predicted molar refractivity (Wildman–Crippen MR) is 129 cm³/mol. The van der Waals surface area contributed by atoms with Crippen molar-refractivity contribution < 1.29 is 13.2 Å². The van der Waals surface area contributed by atoms with Crippen LogP contribution in [-0.2, 0) is 21.2 Å². The maximum Gasteiger partial charge on any atom is 0.243 e. The number of piperidine rings is 1. The van der Waals surface area contributed by atoms with Gasteiger partial charge >= 0.3 is 0 Å². The quantitative estimate of drug-likeness (QED) is 0.590. The molecule has 0 aliphatic carbocycles. The summed E-state index contributed by atoms with van der Waals surface area (Å²) >= 11 is 0. The summed E-state index contributed by atoms with van der Waals surface area (Å²) in [6, 6.07) is 16.7. The molecule has 0 unspecified atom stereocenters. The molecule has 32 heavy (non-hydrogen) atoms. The Labute approximate surface area is 193 Å². The molecule has 0 radical (unpaired) electrons. The summed E-state index contributed by atoms with van der Waals surface area (Å²) < 4.78 is 33.1. The van der Waals surface area contributed by atoms with Crippen molar-refractivity contribution in [3.05, 3.63) is 54.1 Å². The van der Waals surface area contributed by atoms with Crippen LogP contribution < -0.4 is 0 Å². The highest BCUT2D eigenvalue weighted by Gasteiger charge is 2.30. The van der Waals surface area contributed by atoms with Crippen molar-refractivity contribution in [1.29, 1.82) is 0 Å². The summed E-state index contributed by atoms with van der Waals surface area (Å²) in [4.78, 5) is 2.95. The normalized spacial score (nSPS) is 22.9. The number of hydrogen-bond acceptors (Lipinski definition) is 4. The van der Waals surface area contributed by atoms with Crippen LogP contribution in [0.3, 0.4) is 0 Å². The zero-order valence-corrected chi connectivity index (χ0v) is 20.2. The molecule has 2 saturated heterocycles. The average molecular weight is 457 g/mol. The molecule has 2 aliphatic heterocycles. The van der Waals surface area contributed by atoms with Crippen LogP contribution >= 0.6 is 0 Å². The van der Waals surface area contributed by atoms with E-state index in [0.717, 1.165) is 36.9 Å². The van der Waals surface area contributed by atoms with Crippen LogP contribution in [0.1, 0.15) is 38.2 Å². The Morgan fingerprint density at radius 2 is 1.59 bits per heavy atom. The van der Waals surface area contributed by atoms with Crippen LogP contribution in [0.5, 0.6) is 0 Å². The minimum atomic E-state index is -3.47. The van der Waals surface area contributed by atoms with Crippen molar-refractivity contribution >= 4 is 10.0 Å². The van der Waals surface area contributed by atoms with Crippen molar-refractivity contribution in [2.45, 2.75) is 50.0 Å². The van der Waals surface area contributed by atoms with E-state index in [-0.39, 0.29) is 5.92 Å². The molecule has 0 N–H and O–H groups in total. The number of methoxy groups -OCH3 is 1. The Morgan fingerprint density at radius 3 is 2.22 bits per heavy atom. The van der Waals surface area contributed by atoms with Gasteiger partial charge < -0.3 is 9.64 Å². The minimum absolute atomic E-state index is 0.273. The molecule has 0 saturated carbocycles. The Morgan fingerprint density at radius 1 is 0.938 bits per heavy atom. The lowest BCUT2D eigenvalue weighted by Gasteiger charge is -2.31. The monoisotopic (exact) mass is 456 g/mol. The van der Waals surface area contributed by atoms with Gasteiger partial charge in [-0.1, -0.05) is 36.4 Å². The molecule has 2 aromatic rings. The lowest BCUT2D eigenvalue weighted by atomic mass is 10.0. The summed E-state index contributed by atoms with van der Waals surface area (Å²) in [5, 5.41) is 0. The Hall–Kier alpha value is -1.73. The maximum absolute atomic E-state index is 13.1. The smallest absolute Gasteiger partial charge is 0.243 e. The fraction of sp³-hybridized carbons (Fsp3) is 0.538. The topological polar surface area (TPSA) is 49.9 Å². The molecule has 6 heteroatoms. The van der Waals surface area contributed by atoms with Gasteiger partial charge in [0.25, 0.3) is 0 Å². The lowest BCUT2D eigenvalue weighted by Crippen LogP contribution is -2.41. The second-order valence-electron chi connectivity index (χ2n) is 9.33. The summed E-state index contributed by atoms with van der Waals surface area (Å²) in [6.45, 7) is 6.40. The van der Waals surface area contributed by atoms with E-state index in [4.69, 9.17) is 4.74 Å². The van der Waals surface area contributed by atoms with Gasteiger partial charge in [-0.3, -0.25) is 0 Å². The van der Waals surface area contributed by atoms with Crippen molar-refractivity contribution in [2.24, 2.45) is 5.92 Å². The second-order valence-corrected chi connectivity index (χ2v) is 11.3. The van der Waals surface area contributed by atoms with Gasteiger partial charge in [0.15, 0.2) is 0 Å². The highest BCUT2D eigenvalue weighted by atomic mass is 32.2. The Kier molecular flexibility index (Phi) is 7.66. The number of nitrogens with zero attached hydrogens (tertiary/aromatic N) is 2. The van der Waals surface area contributed by atoms with E-state index in [9.17, 15) is 8.42 Å². The molecule has 2 atom stereocenters. The molecular formula is C26H36N2O3S. The fourth-order valence-corrected chi connectivity index (χ4v) is 6.60. The van der Waals surface area contributed by atoms with Crippen LogP contribution in [0, 0.1) is 5.92 Å². The molecule has 5 nitrogen and oxygen atoms in total. The van der Waals surface area contributed by atoms with Gasteiger partial charge in [0.05, 0.1) is 11.5 Å². The summed E-state index contributed by atoms with van der Waals surface area (Å²) in [5.74, 6) is 0.273. The third-order valence-electron chi connectivity index (χ3n) is 7.04. The second kappa shape index (κ2) is 10.5. The highest BCUT2D eigenvalue weighted by Crippen LogP contribution is 2.27. The average Bonchev–Trinajstić information content (AvgIpc) is 3.23. The SMILES string of the molecule is COC[C@H]1CCCN(S(=O)(=O)c2ccc(-c3ccc(CCN4CCC[C@H]4C)cc3)cc2)C1. The van der Waals surface area contributed by atoms with Crippen LogP contribution in [0.15, 0.2) is 53.4 Å². The van der Waals surface area contributed by atoms with Gasteiger partial charge in [-0.2, -0.15) is 4.31 Å². The van der Waals surface area contributed by atoms with E-state index in [2.05, 4.69) is 36.1 Å². The number of benzene rings is 2. The molecular weight excluding hydrogens is 420 g/mol. The van der Waals surface area contributed by atoms with Gasteiger partial charge in [-0.15, -0.1) is 0 Å². The summed E-state index contributed by atoms with van der Waals surface area (Å²) in [7, 11) is -1.79. The zero-order valence-electron chi connectivity index (χ0n) is 19.4. The number of rotatable bonds is 8. The molecule has 0 amide bonds. The molecule has 0 bridgehead atoms. The first-order chi connectivity index (χ1) is 15.5. The van der Waals surface area contributed by atoms with E-state index in [0.29, 0.717) is 30.6 Å². The standard InChI is InChI=1S/C26H36N2O3S/c1-21-5-3-16-27(21)18-15-22-7-9-24(10-8-22)25-11-13-26(14-12-25)32(29,30)28-17-4-6-23(19-28)20-31-2/h7-14,21,23H,3-6,15-20H2,1-2H3/t21-,23+/m1/s1. The van der Waals surface area contributed by atoms with Crippen LogP contribution in [0.4, 0.5) is 0 Å². The fourth-order valence-electron chi connectivity index (χ4n) is 5.05. The Balaban J connectivity index is 1.39. The summed E-state index contributed by atoms with van der Waals surface area (Å²) in [5.41, 5.74) is 3.51. The number of hydrogen-bond donors (Lipinski definition) is 0. The van der Waals surface area contributed by atoms with Crippen molar-refractivity contribution in [3.8, 4) is 11.1 Å². The maximum atomic E-state index is 13.1. The van der Waals surface area contributed by atoms with E-state index in [1.165, 1.54) is 24.9 Å². The zero-order chi connectivity index (χ0) is 22.6. The van der Waals surface area contributed by atoms with E-state index in [1.54, 1.807) is 23.5 Å². The third-order valence-corrected chi connectivity index (χ3v) is 8.92. The molecule has 2 aromatic carbocycles. The van der Waals surface area contributed by atoms with Gasteiger partial charge in [-0.25, -0.2) is 8.42 Å². The summed E-state index contributed by atoms with van der Waals surface area (Å²) in [6.07, 6.45) is 5.61. The van der Waals surface area contributed by atoms with Crippen LogP contribution in [-0.4, -0.2) is 63.6 Å². The molecule has 0 aromatic heterocycles. The van der Waals surface area contributed by atoms with Gasteiger partial charge in [0, 0.05) is 32.8 Å². The number of ether oxygens (including phenoxy) is 1. The highest BCUT2D eigenvalue weighted by molar-refractivity contribution is 7.89. The van der Waals surface area contributed by atoms with Crippen LogP contribution in [0.25, 0.3) is 11.1 Å². The van der Waals surface area contributed by atoms with Gasteiger partial charge in [0.2, 0.25) is 10.0 Å². The minimum Gasteiger partial charge on any atom is -0.384 e. The first-order valence-electron chi connectivity index (χ1n) is 11.9. The molecule has 2 fully saturated rings. The lowest BCUT2D eigenvalue weighted by molar-refractivity contribution is 0.118. The van der Waals surface area contributed by atoms with E-state index in [1.807, 2.05) is 12.1 Å². The van der Waals surface area contributed by atoms with Crippen molar-refractivity contribution in [1.82, 2.24) is 9.21 Å². The van der Waals surface area contributed by atoms with Gasteiger partial charge in [-0.05, 0) is 80.3 Å². The number of sulfonamides is 1. The molecule has 2 heterocycles. The molecule has 2 aliphatic rings.